The van der Waals surface area contributed by atoms with E-state index in [2.05, 4.69) is 31.0 Å². The SMILES string of the molecule is Cc1c(Cl)c(C(C)(F)F)nn1CC(=O)N1CCN(c2ncc(Br)cn2)CC1. The number of amides is 1. The highest BCUT2D eigenvalue weighted by atomic mass is 79.9. The van der Waals surface area contributed by atoms with Crippen LogP contribution < -0.4 is 4.90 Å². The maximum absolute atomic E-state index is 13.6. The summed E-state index contributed by atoms with van der Waals surface area (Å²) in [6, 6.07) is 0. The number of nitrogens with zero attached hydrogens (tertiary/aromatic N) is 6. The lowest BCUT2D eigenvalue weighted by molar-refractivity contribution is -0.132. The molecule has 1 amide bonds. The summed E-state index contributed by atoms with van der Waals surface area (Å²) < 4.78 is 29.1. The number of aromatic nitrogens is 4. The Bertz CT molecular complexity index is 831. The molecule has 1 saturated heterocycles. The molecule has 0 spiro atoms. The first-order valence-corrected chi connectivity index (χ1v) is 9.45. The third-order valence-electron chi connectivity index (χ3n) is 4.36. The van der Waals surface area contributed by atoms with Crippen LogP contribution in [0.3, 0.4) is 0 Å². The van der Waals surface area contributed by atoms with E-state index in [-0.39, 0.29) is 17.5 Å². The van der Waals surface area contributed by atoms with Crippen LogP contribution in [0.25, 0.3) is 0 Å². The summed E-state index contributed by atoms with van der Waals surface area (Å²) in [7, 11) is 0. The summed E-state index contributed by atoms with van der Waals surface area (Å²) >= 11 is 9.25. The summed E-state index contributed by atoms with van der Waals surface area (Å²) in [6.45, 7) is 4.33. The maximum Gasteiger partial charge on any atom is 0.290 e. The van der Waals surface area contributed by atoms with Crippen LogP contribution in [0.5, 0.6) is 0 Å². The fourth-order valence-electron chi connectivity index (χ4n) is 2.81. The number of anilines is 1. The molecule has 0 N–H and O–H groups in total. The Hall–Kier alpha value is -1.81. The van der Waals surface area contributed by atoms with Gasteiger partial charge in [-0.2, -0.15) is 13.9 Å². The fourth-order valence-corrected chi connectivity index (χ4v) is 3.32. The molecule has 0 saturated carbocycles. The third-order valence-corrected chi connectivity index (χ3v) is 5.22. The van der Waals surface area contributed by atoms with E-state index in [1.165, 1.54) is 4.68 Å². The number of carbonyl (C=O) groups excluding carboxylic acids is 1. The quantitative estimate of drug-likeness (QED) is 0.698. The molecule has 1 fully saturated rings. The smallest absolute Gasteiger partial charge is 0.290 e. The zero-order valence-corrected chi connectivity index (χ0v) is 17.1. The van der Waals surface area contributed by atoms with Gasteiger partial charge in [-0.3, -0.25) is 9.48 Å². The molecule has 7 nitrogen and oxygen atoms in total. The number of hydrogen-bond donors (Lipinski definition) is 0. The average Bonchev–Trinajstić information content (AvgIpc) is 2.91. The summed E-state index contributed by atoms with van der Waals surface area (Å²) in [5.41, 5.74) is -0.157. The monoisotopic (exact) mass is 462 g/mol. The van der Waals surface area contributed by atoms with Crippen molar-refractivity contribution in [2.75, 3.05) is 31.1 Å². The molecule has 0 bridgehead atoms. The lowest BCUT2D eigenvalue weighted by Gasteiger charge is -2.34. The standard InChI is InChI=1S/C16H18BrClF2N6O/c1-10-13(18)14(16(2,19)20)23-26(10)9-12(27)24-3-5-25(6-4-24)15-21-7-11(17)8-22-15/h7-8H,3-6,9H2,1-2H3. The van der Waals surface area contributed by atoms with Gasteiger partial charge in [0.25, 0.3) is 5.92 Å². The first kappa shape index (κ1) is 19.9. The van der Waals surface area contributed by atoms with Crippen molar-refractivity contribution >= 4 is 39.4 Å². The Morgan fingerprint density at radius 2 is 1.85 bits per heavy atom. The highest BCUT2D eigenvalue weighted by Gasteiger charge is 2.33. The predicted molar refractivity (Wildman–Crippen MR) is 100 cm³/mol. The molecular weight excluding hydrogens is 446 g/mol. The second-order valence-corrected chi connectivity index (χ2v) is 7.66. The van der Waals surface area contributed by atoms with E-state index in [0.29, 0.717) is 37.8 Å². The maximum atomic E-state index is 13.6. The van der Waals surface area contributed by atoms with Crippen LogP contribution >= 0.6 is 27.5 Å². The Kier molecular flexibility index (Phi) is 5.66. The summed E-state index contributed by atoms with van der Waals surface area (Å²) in [5.74, 6) is -2.75. The van der Waals surface area contributed by atoms with Crippen molar-refractivity contribution in [3.8, 4) is 0 Å². The van der Waals surface area contributed by atoms with Crippen LogP contribution in [0, 0.1) is 6.92 Å². The van der Waals surface area contributed by atoms with E-state index in [9.17, 15) is 13.6 Å². The van der Waals surface area contributed by atoms with E-state index < -0.39 is 11.6 Å². The molecule has 2 aromatic heterocycles. The first-order valence-electron chi connectivity index (χ1n) is 8.28. The molecule has 0 radical (unpaired) electrons. The Morgan fingerprint density at radius 3 is 2.37 bits per heavy atom. The predicted octanol–water partition coefficient (Wildman–Crippen LogP) is 2.86. The Morgan fingerprint density at radius 1 is 1.26 bits per heavy atom. The van der Waals surface area contributed by atoms with Gasteiger partial charge in [0.05, 0.1) is 15.2 Å². The largest absolute Gasteiger partial charge is 0.338 e. The second-order valence-electron chi connectivity index (χ2n) is 6.36. The van der Waals surface area contributed by atoms with Gasteiger partial charge in [-0.05, 0) is 22.9 Å². The van der Waals surface area contributed by atoms with Crippen LogP contribution in [-0.4, -0.2) is 56.7 Å². The topological polar surface area (TPSA) is 67.2 Å². The van der Waals surface area contributed by atoms with Gasteiger partial charge in [0.1, 0.15) is 12.2 Å². The third kappa shape index (κ3) is 4.37. The van der Waals surface area contributed by atoms with E-state index in [1.807, 2.05) is 4.90 Å². The summed E-state index contributed by atoms with van der Waals surface area (Å²) in [4.78, 5) is 24.7. The van der Waals surface area contributed by atoms with Gasteiger partial charge in [-0.1, -0.05) is 11.6 Å². The lowest BCUT2D eigenvalue weighted by Crippen LogP contribution is -2.50. The number of alkyl halides is 2. The molecule has 27 heavy (non-hydrogen) atoms. The summed E-state index contributed by atoms with van der Waals surface area (Å²) in [6.07, 6.45) is 3.34. The van der Waals surface area contributed by atoms with Crippen LogP contribution in [0.4, 0.5) is 14.7 Å². The van der Waals surface area contributed by atoms with E-state index in [4.69, 9.17) is 11.6 Å². The molecule has 11 heteroatoms. The molecule has 146 valence electrons. The molecule has 1 aliphatic heterocycles. The minimum atomic E-state index is -3.16. The highest BCUT2D eigenvalue weighted by Crippen LogP contribution is 2.33. The van der Waals surface area contributed by atoms with Crippen molar-refractivity contribution in [2.24, 2.45) is 0 Å². The van der Waals surface area contributed by atoms with Gasteiger partial charge < -0.3 is 9.80 Å². The zero-order chi connectivity index (χ0) is 19.8. The first-order chi connectivity index (χ1) is 12.7. The van der Waals surface area contributed by atoms with Gasteiger partial charge in [0, 0.05) is 45.5 Å². The van der Waals surface area contributed by atoms with Crippen molar-refractivity contribution < 1.29 is 13.6 Å². The molecule has 0 unspecified atom stereocenters. The fraction of sp³-hybridized carbons (Fsp3) is 0.500. The van der Waals surface area contributed by atoms with Crippen molar-refractivity contribution in [2.45, 2.75) is 26.3 Å². The normalized spacial score (nSPS) is 15.3. The minimum absolute atomic E-state index is 0.104. The van der Waals surface area contributed by atoms with Crippen LogP contribution in [0.15, 0.2) is 16.9 Å². The molecule has 0 aliphatic carbocycles. The number of carbonyl (C=O) groups is 1. The minimum Gasteiger partial charge on any atom is -0.338 e. The number of halogens is 4. The van der Waals surface area contributed by atoms with Gasteiger partial charge >= 0.3 is 0 Å². The molecular formula is C16H18BrClF2N6O. The molecule has 0 aromatic carbocycles. The molecule has 2 aromatic rings. The van der Waals surface area contributed by atoms with Crippen LogP contribution in [-0.2, 0) is 17.3 Å². The van der Waals surface area contributed by atoms with Crippen molar-refractivity contribution in [1.82, 2.24) is 24.6 Å². The van der Waals surface area contributed by atoms with Crippen molar-refractivity contribution in [3.63, 3.8) is 0 Å². The summed E-state index contributed by atoms with van der Waals surface area (Å²) in [5, 5.41) is 3.73. The molecule has 3 rings (SSSR count). The number of hydrogen-bond acceptors (Lipinski definition) is 5. The molecule has 1 aliphatic rings. The van der Waals surface area contributed by atoms with Crippen molar-refractivity contribution in [1.29, 1.82) is 0 Å². The van der Waals surface area contributed by atoms with Crippen LogP contribution in [0.2, 0.25) is 5.02 Å². The van der Waals surface area contributed by atoms with Gasteiger partial charge in [0.15, 0.2) is 0 Å². The number of piperazine rings is 1. The van der Waals surface area contributed by atoms with Gasteiger partial charge in [-0.25, -0.2) is 9.97 Å². The highest BCUT2D eigenvalue weighted by molar-refractivity contribution is 9.10. The Balaban J connectivity index is 1.63. The number of rotatable bonds is 4. The second kappa shape index (κ2) is 7.67. The van der Waals surface area contributed by atoms with E-state index in [0.717, 1.165) is 11.4 Å². The molecule has 3 heterocycles. The van der Waals surface area contributed by atoms with Gasteiger partial charge in [0.2, 0.25) is 11.9 Å². The van der Waals surface area contributed by atoms with Crippen LogP contribution in [0.1, 0.15) is 18.3 Å². The lowest BCUT2D eigenvalue weighted by atomic mass is 10.2. The molecule has 0 atom stereocenters. The van der Waals surface area contributed by atoms with E-state index in [1.54, 1.807) is 24.2 Å². The van der Waals surface area contributed by atoms with Gasteiger partial charge in [-0.15, -0.1) is 0 Å². The Labute approximate surface area is 168 Å². The van der Waals surface area contributed by atoms with E-state index >= 15 is 0 Å². The van der Waals surface area contributed by atoms with Crippen molar-refractivity contribution in [3.05, 3.63) is 33.3 Å². The zero-order valence-electron chi connectivity index (χ0n) is 14.8. The average molecular weight is 464 g/mol.